The van der Waals surface area contributed by atoms with Crippen LogP contribution in [0.15, 0.2) is 24.3 Å². The van der Waals surface area contributed by atoms with Crippen molar-refractivity contribution in [2.75, 3.05) is 20.3 Å². The summed E-state index contributed by atoms with van der Waals surface area (Å²) in [6.07, 6.45) is 4.79. The summed E-state index contributed by atoms with van der Waals surface area (Å²) in [7, 11) is 1.64. The zero-order valence-corrected chi connectivity index (χ0v) is 14.6. The van der Waals surface area contributed by atoms with Crippen LogP contribution in [0.3, 0.4) is 0 Å². The molecule has 1 aliphatic rings. The third kappa shape index (κ3) is 4.07. The van der Waals surface area contributed by atoms with Crippen LogP contribution in [-0.4, -0.2) is 35.7 Å². The molecule has 1 N–H and O–H groups in total. The van der Waals surface area contributed by atoms with E-state index in [0.717, 1.165) is 44.3 Å². The van der Waals surface area contributed by atoms with Gasteiger partial charge in [0.05, 0.1) is 5.69 Å². The van der Waals surface area contributed by atoms with Crippen molar-refractivity contribution in [2.24, 2.45) is 0 Å². The number of nitrogens with zero attached hydrogens (tertiary/aromatic N) is 2. The van der Waals surface area contributed by atoms with E-state index >= 15 is 0 Å². The Kier molecular flexibility index (Phi) is 5.81. The molecule has 1 aromatic carbocycles. The van der Waals surface area contributed by atoms with Gasteiger partial charge in [-0.3, -0.25) is 4.79 Å². The number of hydrogen-bond acceptors (Lipinski definition) is 3. The van der Waals surface area contributed by atoms with Gasteiger partial charge in [-0.15, -0.1) is 0 Å². The first-order valence-corrected chi connectivity index (χ1v) is 8.83. The number of halogens is 1. The lowest BCUT2D eigenvalue weighted by Gasteiger charge is -2.09. The predicted molar refractivity (Wildman–Crippen MR) is 94.0 cm³/mol. The van der Waals surface area contributed by atoms with Gasteiger partial charge in [0, 0.05) is 32.4 Å². The lowest BCUT2D eigenvalue weighted by molar-refractivity contribution is 0.0943. The topological polar surface area (TPSA) is 56.1 Å². The Labute approximate surface area is 147 Å². The van der Waals surface area contributed by atoms with E-state index in [1.165, 1.54) is 12.1 Å². The number of fused-ring (bicyclic) bond motifs is 1. The van der Waals surface area contributed by atoms with Crippen LogP contribution in [-0.2, 0) is 17.7 Å². The monoisotopic (exact) mass is 345 g/mol. The quantitative estimate of drug-likeness (QED) is 0.818. The van der Waals surface area contributed by atoms with Gasteiger partial charge in [-0.05, 0) is 37.8 Å². The number of nitrogens with one attached hydrogen (secondary N) is 1. The van der Waals surface area contributed by atoms with Gasteiger partial charge >= 0.3 is 0 Å². The summed E-state index contributed by atoms with van der Waals surface area (Å²) in [5.74, 6) is 0.219. The van der Waals surface area contributed by atoms with Crippen LogP contribution < -0.4 is 5.32 Å². The molecule has 0 saturated carbocycles. The molecule has 5 nitrogen and oxygen atoms in total. The van der Waals surface area contributed by atoms with Crippen molar-refractivity contribution in [1.82, 2.24) is 14.9 Å². The molecule has 0 atom stereocenters. The first-order valence-electron chi connectivity index (χ1n) is 8.83. The second kappa shape index (κ2) is 8.25. The van der Waals surface area contributed by atoms with Gasteiger partial charge in [0.15, 0.2) is 0 Å². The molecule has 0 saturated heterocycles. The lowest BCUT2D eigenvalue weighted by atomic mass is 10.1. The first kappa shape index (κ1) is 17.6. The fourth-order valence-corrected chi connectivity index (χ4v) is 3.25. The Hall–Kier alpha value is -2.21. The standard InChI is InChI=1S/C19H24FN3O2/c1-25-12-6-10-21-19(24)17-16-9-3-2-4-11-23(16)18(22-17)14-7-5-8-15(20)13-14/h5,7-8,13H,2-4,6,9-12H2,1H3,(H,21,24). The fourth-order valence-electron chi connectivity index (χ4n) is 3.25. The zero-order chi connectivity index (χ0) is 17.6. The molecule has 25 heavy (non-hydrogen) atoms. The highest BCUT2D eigenvalue weighted by Crippen LogP contribution is 2.27. The summed E-state index contributed by atoms with van der Waals surface area (Å²) in [5.41, 5.74) is 2.14. The Bertz CT molecular complexity index is 742. The van der Waals surface area contributed by atoms with Crippen LogP contribution in [0.25, 0.3) is 11.4 Å². The van der Waals surface area contributed by atoms with Gasteiger partial charge in [0.2, 0.25) is 0 Å². The van der Waals surface area contributed by atoms with Gasteiger partial charge in [-0.2, -0.15) is 0 Å². The predicted octanol–water partition coefficient (Wildman–Crippen LogP) is 3.18. The molecule has 134 valence electrons. The number of amides is 1. The van der Waals surface area contributed by atoms with Crippen molar-refractivity contribution in [3.8, 4) is 11.4 Å². The minimum Gasteiger partial charge on any atom is -0.385 e. The second-order valence-electron chi connectivity index (χ2n) is 6.31. The summed E-state index contributed by atoms with van der Waals surface area (Å²) in [6, 6.07) is 6.40. The molecule has 0 radical (unpaired) electrons. The molecular formula is C19H24FN3O2. The summed E-state index contributed by atoms with van der Waals surface area (Å²) in [5, 5.41) is 2.91. The van der Waals surface area contributed by atoms with E-state index in [2.05, 4.69) is 14.9 Å². The number of benzene rings is 1. The molecule has 0 fully saturated rings. The smallest absolute Gasteiger partial charge is 0.271 e. The molecule has 0 aliphatic carbocycles. The molecule has 1 aliphatic heterocycles. The van der Waals surface area contributed by atoms with Crippen molar-refractivity contribution >= 4 is 5.91 Å². The van der Waals surface area contributed by atoms with E-state index in [1.54, 1.807) is 13.2 Å². The number of hydrogen-bond donors (Lipinski definition) is 1. The molecule has 0 unspecified atom stereocenters. The summed E-state index contributed by atoms with van der Waals surface area (Å²) >= 11 is 0. The number of aromatic nitrogens is 2. The zero-order valence-electron chi connectivity index (χ0n) is 14.6. The van der Waals surface area contributed by atoms with Gasteiger partial charge < -0.3 is 14.6 Å². The maximum absolute atomic E-state index is 13.6. The summed E-state index contributed by atoms with van der Waals surface area (Å²) in [4.78, 5) is 17.2. The fraction of sp³-hybridized carbons (Fsp3) is 0.474. The van der Waals surface area contributed by atoms with Gasteiger partial charge in [-0.1, -0.05) is 18.6 Å². The minimum absolute atomic E-state index is 0.163. The van der Waals surface area contributed by atoms with Crippen LogP contribution in [0.5, 0.6) is 0 Å². The van der Waals surface area contributed by atoms with E-state index < -0.39 is 0 Å². The molecule has 0 bridgehead atoms. The first-order chi connectivity index (χ1) is 12.2. The number of methoxy groups -OCH3 is 1. The molecule has 0 spiro atoms. The van der Waals surface area contributed by atoms with Crippen molar-refractivity contribution in [1.29, 1.82) is 0 Å². The van der Waals surface area contributed by atoms with E-state index in [9.17, 15) is 9.18 Å². The number of ether oxygens (including phenoxy) is 1. The highest BCUT2D eigenvalue weighted by molar-refractivity contribution is 5.94. The maximum atomic E-state index is 13.6. The van der Waals surface area contributed by atoms with Gasteiger partial charge in [0.1, 0.15) is 17.3 Å². The van der Waals surface area contributed by atoms with Crippen molar-refractivity contribution < 1.29 is 13.9 Å². The highest BCUT2D eigenvalue weighted by Gasteiger charge is 2.24. The number of rotatable bonds is 6. The van der Waals surface area contributed by atoms with E-state index in [1.807, 2.05) is 6.07 Å². The highest BCUT2D eigenvalue weighted by atomic mass is 19.1. The average molecular weight is 345 g/mol. The normalized spacial score (nSPS) is 14.0. The van der Waals surface area contributed by atoms with E-state index in [4.69, 9.17) is 4.74 Å². The number of carbonyl (C=O) groups is 1. The maximum Gasteiger partial charge on any atom is 0.271 e. The third-order valence-electron chi connectivity index (χ3n) is 4.48. The Balaban J connectivity index is 1.92. The van der Waals surface area contributed by atoms with Crippen molar-refractivity contribution in [3.63, 3.8) is 0 Å². The molecule has 1 amide bonds. The molecule has 3 rings (SSSR count). The Morgan fingerprint density at radius 3 is 3.04 bits per heavy atom. The third-order valence-corrected chi connectivity index (χ3v) is 4.48. The largest absolute Gasteiger partial charge is 0.385 e. The number of carbonyl (C=O) groups excluding carboxylic acids is 1. The van der Waals surface area contributed by atoms with Crippen LogP contribution in [0.1, 0.15) is 41.9 Å². The lowest BCUT2D eigenvalue weighted by Crippen LogP contribution is -2.26. The molecule has 1 aromatic heterocycles. The molecule has 2 aromatic rings. The van der Waals surface area contributed by atoms with Gasteiger partial charge in [-0.25, -0.2) is 9.37 Å². The van der Waals surface area contributed by atoms with E-state index in [0.29, 0.717) is 30.2 Å². The Morgan fingerprint density at radius 2 is 2.24 bits per heavy atom. The molecule has 2 heterocycles. The van der Waals surface area contributed by atoms with Crippen LogP contribution >= 0.6 is 0 Å². The van der Waals surface area contributed by atoms with E-state index in [-0.39, 0.29) is 11.7 Å². The summed E-state index contributed by atoms with van der Waals surface area (Å²) in [6.45, 7) is 1.97. The van der Waals surface area contributed by atoms with Crippen molar-refractivity contribution in [3.05, 3.63) is 41.5 Å². The number of imidazole rings is 1. The summed E-state index contributed by atoms with van der Waals surface area (Å²) < 4.78 is 20.7. The SMILES string of the molecule is COCCCNC(=O)c1nc(-c2cccc(F)c2)n2c1CCCCC2. The van der Waals surface area contributed by atoms with Crippen LogP contribution in [0, 0.1) is 5.82 Å². The average Bonchev–Trinajstić information content (AvgIpc) is 2.80. The minimum atomic E-state index is -0.297. The molecular weight excluding hydrogens is 321 g/mol. The van der Waals surface area contributed by atoms with Crippen LogP contribution in [0.4, 0.5) is 4.39 Å². The van der Waals surface area contributed by atoms with Crippen molar-refractivity contribution in [2.45, 2.75) is 38.6 Å². The van der Waals surface area contributed by atoms with Crippen LogP contribution in [0.2, 0.25) is 0 Å². The van der Waals surface area contributed by atoms with Gasteiger partial charge in [0.25, 0.3) is 5.91 Å². The Morgan fingerprint density at radius 1 is 1.36 bits per heavy atom. The second-order valence-corrected chi connectivity index (χ2v) is 6.31. The molecule has 6 heteroatoms.